The van der Waals surface area contributed by atoms with Crippen LogP contribution in [0.3, 0.4) is 0 Å². The summed E-state index contributed by atoms with van der Waals surface area (Å²) in [6.07, 6.45) is 2.84. The van der Waals surface area contributed by atoms with Crippen LogP contribution in [-0.4, -0.2) is 41.7 Å². The number of hydrogen-bond acceptors (Lipinski definition) is 8. The average Bonchev–Trinajstić information content (AvgIpc) is 3.05. The van der Waals surface area contributed by atoms with Crippen molar-refractivity contribution in [1.29, 1.82) is 0 Å². The highest BCUT2D eigenvalue weighted by Crippen LogP contribution is 2.28. The Balaban J connectivity index is 2.01. The SMILES string of the molecule is COCCCNc1ncnc(NCCc2cccs2)c1[N+](=O)[O-]. The van der Waals surface area contributed by atoms with E-state index >= 15 is 0 Å². The first-order valence-corrected chi connectivity index (χ1v) is 8.08. The van der Waals surface area contributed by atoms with E-state index in [1.165, 1.54) is 11.2 Å². The van der Waals surface area contributed by atoms with Crippen molar-refractivity contribution in [2.45, 2.75) is 12.8 Å². The average molecular weight is 337 g/mol. The molecule has 0 saturated carbocycles. The van der Waals surface area contributed by atoms with Gasteiger partial charge in [-0.25, -0.2) is 9.97 Å². The summed E-state index contributed by atoms with van der Waals surface area (Å²) in [6, 6.07) is 4.01. The van der Waals surface area contributed by atoms with Gasteiger partial charge in [-0.3, -0.25) is 10.1 Å². The molecule has 0 atom stereocenters. The first-order valence-electron chi connectivity index (χ1n) is 7.21. The summed E-state index contributed by atoms with van der Waals surface area (Å²) < 4.78 is 4.95. The lowest BCUT2D eigenvalue weighted by Crippen LogP contribution is -2.12. The lowest BCUT2D eigenvalue weighted by Gasteiger charge is -2.09. The molecule has 0 aliphatic heterocycles. The van der Waals surface area contributed by atoms with Gasteiger partial charge in [0.05, 0.1) is 4.92 Å². The quantitative estimate of drug-likeness (QED) is 0.390. The van der Waals surface area contributed by atoms with Crippen LogP contribution in [-0.2, 0) is 11.2 Å². The lowest BCUT2D eigenvalue weighted by atomic mass is 10.3. The Hall–Kier alpha value is -2.26. The lowest BCUT2D eigenvalue weighted by molar-refractivity contribution is -0.383. The number of thiophene rings is 1. The van der Waals surface area contributed by atoms with Crippen LogP contribution in [0.15, 0.2) is 23.8 Å². The molecule has 0 radical (unpaired) electrons. The Labute approximate surface area is 138 Å². The van der Waals surface area contributed by atoms with Gasteiger partial charge in [0.25, 0.3) is 0 Å². The normalized spacial score (nSPS) is 10.5. The fraction of sp³-hybridized carbons (Fsp3) is 0.429. The maximum absolute atomic E-state index is 11.3. The fourth-order valence-corrected chi connectivity index (χ4v) is 2.70. The Morgan fingerprint density at radius 3 is 2.65 bits per heavy atom. The Morgan fingerprint density at radius 1 is 1.30 bits per heavy atom. The second kappa shape index (κ2) is 9.01. The fourth-order valence-electron chi connectivity index (χ4n) is 1.99. The molecule has 0 saturated heterocycles. The first-order chi connectivity index (χ1) is 11.2. The van der Waals surface area contributed by atoms with Crippen LogP contribution in [0.2, 0.25) is 0 Å². The van der Waals surface area contributed by atoms with Gasteiger partial charge in [-0.05, 0) is 24.3 Å². The largest absolute Gasteiger partial charge is 0.385 e. The minimum absolute atomic E-state index is 0.129. The van der Waals surface area contributed by atoms with E-state index in [4.69, 9.17) is 4.74 Å². The topological polar surface area (TPSA) is 102 Å². The molecule has 2 aromatic rings. The number of aromatic nitrogens is 2. The maximum atomic E-state index is 11.3. The zero-order valence-corrected chi connectivity index (χ0v) is 13.6. The molecule has 124 valence electrons. The monoisotopic (exact) mass is 337 g/mol. The molecule has 23 heavy (non-hydrogen) atoms. The van der Waals surface area contributed by atoms with Gasteiger partial charge in [-0.2, -0.15) is 0 Å². The molecule has 9 heteroatoms. The van der Waals surface area contributed by atoms with E-state index in [0.717, 1.165) is 12.8 Å². The van der Waals surface area contributed by atoms with Crippen molar-refractivity contribution < 1.29 is 9.66 Å². The third-order valence-corrected chi connectivity index (χ3v) is 4.00. The van der Waals surface area contributed by atoms with Crippen molar-refractivity contribution in [2.75, 3.05) is 37.4 Å². The van der Waals surface area contributed by atoms with Crippen LogP contribution >= 0.6 is 11.3 Å². The summed E-state index contributed by atoms with van der Waals surface area (Å²) in [5.41, 5.74) is -0.129. The van der Waals surface area contributed by atoms with E-state index in [9.17, 15) is 10.1 Å². The molecule has 0 unspecified atom stereocenters. The van der Waals surface area contributed by atoms with E-state index in [1.54, 1.807) is 18.4 Å². The van der Waals surface area contributed by atoms with Gasteiger partial charge in [0.1, 0.15) is 6.33 Å². The minimum atomic E-state index is -0.466. The summed E-state index contributed by atoms with van der Waals surface area (Å²) in [7, 11) is 1.61. The summed E-state index contributed by atoms with van der Waals surface area (Å²) in [6.45, 7) is 1.69. The van der Waals surface area contributed by atoms with E-state index in [-0.39, 0.29) is 17.3 Å². The van der Waals surface area contributed by atoms with Gasteiger partial charge < -0.3 is 15.4 Å². The number of rotatable bonds is 10. The third-order valence-electron chi connectivity index (χ3n) is 3.07. The summed E-state index contributed by atoms with van der Waals surface area (Å²) >= 11 is 1.66. The number of anilines is 2. The van der Waals surface area contributed by atoms with Crippen LogP contribution < -0.4 is 10.6 Å². The van der Waals surface area contributed by atoms with Crippen molar-refractivity contribution in [2.24, 2.45) is 0 Å². The first kappa shape index (κ1) is 17.1. The van der Waals surface area contributed by atoms with Gasteiger partial charge in [0.2, 0.25) is 11.6 Å². The second-order valence-corrected chi connectivity index (χ2v) is 5.74. The zero-order chi connectivity index (χ0) is 16.5. The number of nitro groups is 1. The number of nitrogens with zero attached hydrogens (tertiary/aromatic N) is 3. The van der Waals surface area contributed by atoms with Gasteiger partial charge in [0.15, 0.2) is 0 Å². The number of hydrogen-bond donors (Lipinski definition) is 2. The maximum Gasteiger partial charge on any atom is 0.353 e. The number of ether oxygens (including phenoxy) is 1. The zero-order valence-electron chi connectivity index (χ0n) is 12.8. The molecular formula is C14H19N5O3S. The molecule has 0 aromatic carbocycles. The summed E-state index contributed by atoms with van der Waals surface area (Å²) in [4.78, 5) is 20.1. The highest BCUT2D eigenvalue weighted by Gasteiger charge is 2.22. The predicted molar refractivity (Wildman–Crippen MR) is 90.2 cm³/mol. The van der Waals surface area contributed by atoms with Gasteiger partial charge >= 0.3 is 5.69 Å². The Morgan fingerprint density at radius 2 is 2.04 bits per heavy atom. The van der Waals surface area contributed by atoms with Crippen molar-refractivity contribution in [3.05, 3.63) is 38.8 Å². The van der Waals surface area contributed by atoms with Crippen molar-refractivity contribution in [1.82, 2.24) is 9.97 Å². The minimum Gasteiger partial charge on any atom is -0.385 e. The van der Waals surface area contributed by atoms with E-state index < -0.39 is 4.92 Å². The van der Waals surface area contributed by atoms with Crippen LogP contribution in [0.25, 0.3) is 0 Å². The van der Waals surface area contributed by atoms with Gasteiger partial charge in [-0.15, -0.1) is 11.3 Å². The Kier molecular flexibility index (Phi) is 6.70. The molecule has 2 rings (SSSR count). The van der Waals surface area contributed by atoms with Gasteiger partial charge in [-0.1, -0.05) is 6.07 Å². The van der Waals surface area contributed by atoms with Crippen molar-refractivity contribution >= 4 is 28.7 Å². The van der Waals surface area contributed by atoms with Crippen molar-refractivity contribution in [3.63, 3.8) is 0 Å². The molecule has 0 aliphatic rings. The highest BCUT2D eigenvalue weighted by molar-refractivity contribution is 7.09. The summed E-state index contributed by atoms with van der Waals surface area (Å²) in [5, 5.41) is 19.3. The molecule has 2 heterocycles. The standard InChI is InChI=1S/C14H19N5O3S/c1-22-8-3-6-15-13-12(19(20)21)14(18-10-17-13)16-7-5-11-4-2-9-23-11/h2,4,9-10H,3,5-8H2,1H3,(H2,15,16,17,18). The molecule has 0 amide bonds. The molecule has 0 fully saturated rings. The number of methoxy groups -OCH3 is 1. The van der Waals surface area contributed by atoms with E-state index in [0.29, 0.717) is 19.7 Å². The van der Waals surface area contributed by atoms with Crippen molar-refractivity contribution in [3.8, 4) is 0 Å². The molecule has 8 nitrogen and oxygen atoms in total. The smallest absolute Gasteiger partial charge is 0.353 e. The van der Waals surface area contributed by atoms with Crippen LogP contribution in [0.4, 0.5) is 17.3 Å². The molecule has 0 spiro atoms. The van der Waals surface area contributed by atoms with Crippen LogP contribution in [0.1, 0.15) is 11.3 Å². The van der Waals surface area contributed by atoms with Crippen LogP contribution in [0.5, 0.6) is 0 Å². The van der Waals surface area contributed by atoms with E-state index in [2.05, 4.69) is 20.6 Å². The Bertz CT molecular complexity index is 621. The molecular weight excluding hydrogens is 318 g/mol. The molecule has 2 aromatic heterocycles. The van der Waals surface area contributed by atoms with Gasteiger partial charge in [0, 0.05) is 31.7 Å². The molecule has 0 aliphatic carbocycles. The molecule has 2 N–H and O–H groups in total. The number of nitrogens with one attached hydrogen (secondary N) is 2. The predicted octanol–water partition coefficient (Wildman–Crippen LogP) is 2.55. The van der Waals surface area contributed by atoms with Crippen LogP contribution in [0, 0.1) is 10.1 Å². The third kappa shape index (κ3) is 5.15. The summed E-state index contributed by atoms with van der Waals surface area (Å²) in [5.74, 6) is 0.454. The second-order valence-electron chi connectivity index (χ2n) is 4.71. The molecule has 0 bridgehead atoms. The van der Waals surface area contributed by atoms with E-state index in [1.807, 2.05) is 17.5 Å². The highest BCUT2D eigenvalue weighted by atomic mass is 32.1.